The number of hydrogen-bond donors (Lipinski definition) is 4. The van der Waals surface area contributed by atoms with E-state index in [9.17, 15) is 19.5 Å². The molecular weight excluding hydrogens is 402 g/mol. The molecule has 0 bridgehead atoms. The molecule has 0 spiro atoms. The predicted octanol–water partition coefficient (Wildman–Crippen LogP) is 1.37. The standard InChI is InChI=1S/C19H24ClN3O6/c1-29-15-9-14(23-6-4-19(28,5-7-23)10-17(25)26)11(20)8-13(15)21-12-2-3-16(24)22-18(12)27/h8-9,12,21,28H,2-7,10H2,1H3,(H,25,26)(H,22,24,27). The van der Waals surface area contributed by atoms with Gasteiger partial charge in [-0.15, -0.1) is 0 Å². The van der Waals surface area contributed by atoms with E-state index in [0.29, 0.717) is 54.5 Å². The summed E-state index contributed by atoms with van der Waals surface area (Å²) in [6.07, 6.45) is 0.973. The van der Waals surface area contributed by atoms with E-state index >= 15 is 0 Å². The van der Waals surface area contributed by atoms with Gasteiger partial charge in [0.25, 0.3) is 0 Å². The molecule has 2 aliphatic rings. The lowest BCUT2D eigenvalue weighted by atomic mass is 9.88. The number of benzene rings is 1. The first-order valence-corrected chi connectivity index (χ1v) is 9.75. The number of carbonyl (C=O) groups is 3. The molecule has 3 rings (SSSR count). The minimum atomic E-state index is -1.22. The second-order valence-corrected chi connectivity index (χ2v) is 7.84. The third-order valence-electron chi connectivity index (χ3n) is 5.35. The zero-order valence-corrected chi connectivity index (χ0v) is 16.8. The van der Waals surface area contributed by atoms with Crippen LogP contribution in [0.25, 0.3) is 0 Å². The van der Waals surface area contributed by atoms with Gasteiger partial charge in [0, 0.05) is 25.6 Å². The zero-order chi connectivity index (χ0) is 21.2. The van der Waals surface area contributed by atoms with E-state index in [1.807, 2.05) is 4.90 Å². The smallest absolute Gasteiger partial charge is 0.306 e. The van der Waals surface area contributed by atoms with Gasteiger partial charge in [0.1, 0.15) is 11.8 Å². The van der Waals surface area contributed by atoms with Crippen molar-refractivity contribution in [3.05, 3.63) is 17.2 Å². The van der Waals surface area contributed by atoms with Gasteiger partial charge in [0.15, 0.2) is 0 Å². The molecule has 2 saturated heterocycles. The Morgan fingerprint density at radius 2 is 2.07 bits per heavy atom. The van der Waals surface area contributed by atoms with E-state index in [1.165, 1.54) is 7.11 Å². The lowest BCUT2D eigenvalue weighted by Gasteiger charge is -2.39. The van der Waals surface area contributed by atoms with E-state index in [2.05, 4.69) is 10.6 Å². The predicted molar refractivity (Wildman–Crippen MR) is 106 cm³/mol. The van der Waals surface area contributed by atoms with Crippen LogP contribution in [0.2, 0.25) is 5.02 Å². The number of anilines is 2. The van der Waals surface area contributed by atoms with E-state index in [-0.39, 0.29) is 18.7 Å². The molecule has 10 heteroatoms. The highest BCUT2D eigenvalue weighted by Gasteiger charge is 2.35. The average Bonchev–Trinajstić information content (AvgIpc) is 2.64. The van der Waals surface area contributed by atoms with Gasteiger partial charge in [-0.05, 0) is 25.3 Å². The highest BCUT2D eigenvalue weighted by molar-refractivity contribution is 6.33. The first-order valence-electron chi connectivity index (χ1n) is 9.38. The molecule has 2 amide bonds. The van der Waals surface area contributed by atoms with E-state index in [1.54, 1.807) is 12.1 Å². The quantitative estimate of drug-likeness (QED) is 0.503. The van der Waals surface area contributed by atoms with Gasteiger partial charge in [-0.1, -0.05) is 11.6 Å². The summed E-state index contributed by atoms with van der Waals surface area (Å²) in [5.41, 5.74) is 0.0245. The number of imide groups is 1. The van der Waals surface area contributed by atoms with Crippen molar-refractivity contribution < 1.29 is 29.3 Å². The van der Waals surface area contributed by atoms with Crippen molar-refractivity contribution in [1.82, 2.24) is 5.32 Å². The van der Waals surface area contributed by atoms with Crippen LogP contribution in [0.4, 0.5) is 11.4 Å². The second-order valence-electron chi connectivity index (χ2n) is 7.43. The van der Waals surface area contributed by atoms with E-state index in [4.69, 9.17) is 21.4 Å². The molecule has 29 heavy (non-hydrogen) atoms. The van der Waals surface area contributed by atoms with E-state index < -0.39 is 23.5 Å². The summed E-state index contributed by atoms with van der Waals surface area (Å²) in [6, 6.07) is 2.85. The number of piperidine rings is 2. The third-order valence-corrected chi connectivity index (χ3v) is 5.66. The summed E-state index contributed by atoms with van der Waals surface area (Å²) in [7, 11) is 1.50. The number of hydrogen-bond acceptors (Lipinski definition) is 7. The summed E-state index contributed by atoms with van der Waals surface area (Å²) < 4.78 is 5.45. The molecule has 1 aromatic carbocycles. The maximum atomic E-state index is 12.0. The molecule has 9 nitrogen and oxygen atoms in total. The molecule has 1 unspecified atom stereocenters. The highest BCUT2D eigenvalue weighted by Crippen LogP contribution is 2.39. The Balaban J connectivity index is 1.74. The molecule has 0 radical (unpaired) electrons. The number of methoxy groups -OCH3 is 1. The molecule has 158 valence electrons. The summed E-state index contributed by atoms with van der Waals surface area (Å²) in [4.78, 5) is 36.2. The highest BCUT2D eigenvalue weighted by atomic mass is 35.5. The molecule has 0 saturated carbocycles. The van der Waals surface area contributed by atoms with Gasteiger partial charge < -0.3 is 25.2 Å². The van der Waals surface area contributed by atoms with Gasteiger partial charge in [0.05, 0.1) is 35.5 Å². The zero-order valence-electron chi connectivity index (χ0n) is 16.0. The molecular formula is C19H24ClN3O6. The maximum Gasteiger partial charge on any atom is 0.306 e. The monoisotopic (exact) mass is 425 g/mol. The van der Waals surface area contributed by atoms with Crippen LogP contribution in [0.3, 0.4) is 0 Å². The number of ether oxygens (including phenoxy) is 1. The molecule has 4 N–H and O–H groups in total. The lowest BCUT2D eigenvalue weighted by Crippen LogP contribution is -2.47. The Kier molecular flexibility index (Phi) is 6.18. The fraction of sp³-hybridized carbons (Fsp3) is 0.526. The van der Waals surface area contributed by atoms with E-state index in [0.717, 1.165) is 0 Å². The molecule has 0 aliphatic carbocycles. The molecule has 1 atom stereocenters. The van der Waals surface area contributed by atoms with Gasteiger partial charge in [-0.3, -0.25) is 19.7 Å². The van der Waals surface area contributed by atoms with Crippen molar-refractivity contribution in [3.63, 3.8) is 0 Å². The van der Waals surface area contributed by atoms with Crippen molar-refractivity contribution in [2.24, 2.45) is 0 Å². The number of carbonyl (C=O) groups excluding carboxylic acids is 2. The summed E-state index contributed by atoms with van der Waals surface area (Å²) in [5.74, 6) is -1.22. The fourth-order valence-corrected chi connectivity index (χ4v) is 3.99. The fourth-order valence-electron chi connectivity index (χ4n) is 3.71. The Morgan fingerprint density at radius 1 is 1.38 bits per heavy atom. The number of carboxylic acids is 1. The van der Waals surface area contributed by atoms with Crippen LogP contribution >= 0.6 is 11.6 Å². The summed E-state index contributed by atoms with van der Waals surface area (Å²) in [6.45, 7) is 0.902. The number of rotatable bonds is 6. The van der Waals surface area contributed by atoms with Crippen LogP contribution in [0.1, 0.15) is 32.1 Å². The van der Waals surface area contributed by atoms with Crippen molar-refractivity contribution >= 4 is 40.8 Å². The number of carboxylic acid groups (broad SMARTS) is 1. The SMILES string of the molecule is COc1cc(N2CCC(O)(CC(=O)O)CC2)c(Cl)cc1NC1CCC(=O)NC1=O. The minimum Gasteiger partial charge on any atom is -0.495 e. The first-order chi connectivity index (χ1) is 13.7. The maximum absolute atomic E-state index is 12.0. The molecule has 2 fully saturated rings. The number of aliphatic carboxylic acids is 1. The van der Waals surface area contributed by atoms with Crippen LogP contribution in [0.5, 0.6) is 5.75 Å². The Morgan fingerprint density at radius 3 is 2.66 bits per heavy atom. The first kappa shape index (κ1) is 21.2. The number of aliphatic hydroxyl groups is 1. The van der Waals surface area contributed by atoms with Crippen molar-refractivity contribution in [2.45, 2.75) is 43.7 Å². The van der Waals surface area contributed by atoms with Crippen molar-refractivity contribution in [3.8, 4) is 5.75 Å². The van der Waals surface area contributed by atoms with Crippen LogP contribution in [-0.2, 0) is 14.4 Å². The minimum absolute atomic E-state index is 0.255. The van der Waals surface area contributed by atoms with Crippen LogP contribution in [0, 0.1) is 0 Å². The van der Waals surface area contributed by atoms with Gasteiger partial charge >= 0.3 is 5.97 Å². The molecule has 1 aromatic rings. The van der Waals surface area contributed by atoms with Gasteiger partial charge in [-0.2, -0.15) is 0 Å². The largest absolute Gasteiger partial charge is 0.495 e. The van der Waals surface area contributed by atoms with Crippen molar-refractivity contribution in [1.29, 1.82) is 0 Å². The van der Waals surface area contributed by atoms with Gasteiger partial charge in [0.2, 0.25) is 11.8 Å². The second kappa shape index (κ2) is 8.46. The number of nitrogens with zero attached hydrogens (tertiary/aromatic N) is 1. The number of nitrogens with one attached hydrogen (secondary N) is 2. The number of halogens is 1. The summed E-state index contributed by atoms with van der Waals surface area (Å²) in [5, 5.41) is 25.2. The van der Waals surface area contributed by atoms with Crippen molar-refractivity contribution in [2.75, 3.05) is 30.4 Å². The number of amides is 2. The average molecular weight is 426 g/mol. The molecule has 0 aromatic heterocycles. The lowest BCUT2D eigenvalue weighted by molar-refractivity contribution is -0.143. The molecule has 2 heterocycles. The normalized spacial score (nSPS) is 21.5. The Hall–Kier alpha value is -2.52. The Bertz CT molecular complexity index is 822. The van der Waals surface area contributed by atoms with Gasteiger partial charge in [-0.25, -0.2) is 0 Å². The van der Waals surface area contributed by atoms with Crippen LogP contribution in [-0.4, -0.2) is 59.8 Å². The topological polar surface area (TPSA) is 128 Å². The van der Waals surface area contributed by atoms with Crippen LogP contribution in [0.15, 0.2) is 12.1 Å². The third kappa shape index (κ3) is 4.91. The summed E-state index contributed by atoms with van der Waals surface area (Å²) >= 11 is 6.48. The van der Waals surface area contributed by atoms with Crippen LogP contribution < -0.4 is 20.3 Å². The Labute approximate surface area is 173 Å². The molecule has 2 aliphatic heterocycles.